The molecule has 0 unspecified atom stereocenters. The van der Waals surface area contributed by atoms with Crippen molar-refractivity contribution < 1.29 is 14.7 Å². The smallest absolute Gasteiger partial charge is 0.241 e. The predicted molar refractivity (Wildman–Crippen MR) is 29.3 cm³/mol. The van der Waals surface area contributed by atoms with Gasteiger partial charge in [0.1, 0.15) is 6.73 Å². The number of aliphatic hydroxyl groups is 1. The topological polar surface area (TPSA) is 78.4 Å². The third kappa shape index (κ3) is 4.76. The molecule has 0 rings (SSSR count). The van der Waals surface area contributed by atoms with Crippen molar-refractivity contribution in [3.05, 3.63) is 0 Å². The Hall–Kier alpha value is -1.10. The summed E-state index contributed by atoms with van der Waals surface area (Å²) in [5.41, 5.74) is 0. The molecule has 0 saturated carbocycles. The van der Waals surface area contributed by atoms with Gasteiger partial charge in [-0.1, -0.05) is 0 Å². The highest BCUT2D eigenvalue weighted by molar-refractivity contribution is 5.79. The summed E-state index contributed by atoms with van der Waals surface area (Å²) in [5.74, 6) is -0.412. The third-order valence-electron chi connectivity index (χ3n) is 0.622. The van der Waals surface area contributed by atoms with Crippen molar-refractivity contribution in [3.8, 4) is 0 Å². The van der Waals surface area contributed by atoms with Crippen molar-refractivity contribution in [2.75, 3.05) is 13.3 Å². The summed E-state index contributed by atoms with van der Waals surface area (Å²) in [5, 5.41) is 12.3. The molecule has 0 bridgehead atoms. The van der Waals surface area contributed by atoms with Gasteiger partial charge in [-0.05, 0) is 0 Å². The SMILES string of the molecule is O=CNCC(=O)NCO. The van der Waals surface area contributed by atoms with Gasteiger partial charge in [0.15, 0.2) is 0 Å². The van der Waals surface area contributed by atoms with Crippen molar-refractivity contribution >= 4 is 12.3 Å². The van der Waals surface area contributed by atoms with E-state index < -0.39 is 12.6 Å². The van der Waals surface area contributed by atoms with Gasteiger partial charge in [0, 0.05) is 0 Å². The molecule has 0 aromatic heterocycles. The highest BCUT2D eigenvalue weighted by Crippen LogP contribution is 1.57. The Morgan fingerprint density at radius 3 is 2.78 bits per heavy atom. The molecule has 5 heteroatoms. The van der Waals surface area contributed by atoms with Crippen LogP contribution < -0.4 is 10.6 Å². The first kappa shape index (κ1) is 7.90. The van der Waals surface area contributed by atoms with Crippen LogP contribution >= 0.6 is 0 Å². The van der Waals surface area contributed by atoms with E-state index in [2.05, 4.69) is 10.6 Å². The number of carbonyl (C=O) groups is 2. The minimum absolute atomic E-state index is 0.0932. The summed E-state index contributed by atoms with van der Waals surface area (Å²) < 4.78 is 0. The van der Waals surface area contributed by atoms with Gasteiger partial charge in [0.2, 0.25) is 12.3 Å². The van der Waals surface area contributed by atoms with Crippen LogP contribution in [0.1, 0.15) is 0 Å². The first-order chi connectivity index (χ1) is 4.31. The van der Waals surface area contributed by atoms with Crippen molar-refractivity contribution in [1.82, 2.24) is 10.6 Å². The highest BCUT2D eigenvalue weighted by atomic mass is 16.3. The van der Waals surface area contributed by atoms with Crippen molar-refractivity contribution in [2.45, 2.75) is 0 Å². The molecule has 0 spiro atoms. The number of nitrogens with one attached hydrogen (secondary N) is 2. The van der Waals surface area contributed by atoms with Crippen LogP contribution in [0.2, 0.25) is 0 Å². The van der Waals surface area contributed by atoms with Gasteiger partial charge >= 0.3 is 0 Å². The Morgan fingerprint density at radius 2 is 2.33 bits per heavy atom. The fraction of sp³-hybridized carbons (Fsp3) is 0.500. The number of aliphatic hydroxyl groups excluding tert-OH is 1. The van der Waals surface area contributed by atoms with E-state index in [-0.39, 0.29) is 6.54 Å². The molecule has 9 heavy (non-hydrogen) atoms. The van der Waals surface area contributed by atoms with Crippen LogP contribution in [-0.4, -0.2) is 30.7 Å². The van der Waals surface area contributed by atoms with Crippen LogP contribution in [0.15, 0.2) is 0 Å². The monoisotopic (exact) mass is 132 g/mol. The largest absolute Gasteiger partial charge is 0.376 e. The molecule has 0 heterocycles. The molecule has 0 aromatic carbocycles. The summed E-state index contributed by atoms with van der Waals surface area (Å²) in [4.78, 5) is 19.9. The van der Waals surface area contributed by atoms with E-state index in [0.717, 1.165) is 0 Å². The fourth-order valence-corrected chi connectivity index (χ4v) is 0.285. The summed E-state index contributed by atoms with van der Waals surface area (Å²) in [7, 11) is 0. The maximum absolute atomic E-state index is 10.3. The second-order valence-corrected chi connectivity index (χ2v) is 1.26. The van der Waals surface area contributed by atoms with E-state index in [1.165, 1.54) is 0 Å². The number of rotatable bonds is 4. The van der Waals surface area contributed by atoms with Crippen LogP contribution in [0.3, 0.4) is 0 Å². The van der Waals surface area contributed by atoms with Gasteiger partial charge in [-0.25, -0.2) is 0 Å². The summed E-state index contributed by atoms with van der Waals surface area (Å²) in [6.07, 6.45) is 0.414. The lowest BCUT2D eigenvalue weighted by Gasteiger charge is -1.97. The van der Waals surface area contributed by atoms with Crippen molar-refractivity contribution in [2.24, 2.45) is 0 Å². The van der Waals surface area contributed by atoms with E-state index in [9.17, 15) is 9.59 Å². The van der Waals surface area contributed by atoms with Gasteiger partial charge in [-0.15, -0.1) is 0 Å². The van der Waals surface area contributed by atoms with E-state index in [1.54, 1.807) is 0 Å². The normalized spacial score (nSPS) is 8.11. The van der Waals surface area contributed by atoms with Gasteiger partial charge < -0.3 is 15.7 Å². The number of hydrogen-bond acceptors (Lipinski definition) is 3. The lowest BCUT2D eigenvalue weighted by molar-refractivity contribution is -0.123. The number of amides is 2. The average Bonchev–Trinajstić information content (AvgIpc) is 1.85. The zero-order valence-electron chi connectivity index (χ0n) is 4.76. The zero-order valence-corrected chi connectivity index (χ0v) is 4.76. The lowest BCUT2D eigenvalue weighted by Crippen LogP contribution is -2.33. The van der Waals surface area contributed by atoms with Crippen molar-refractivity contribution in [3.63, 3.8) is 0 Å². The van der Waals surface area contributed by atoms with E-state index >= 15 is 0 Å². The van der Waals surface area contributed by atoms with Gasteiger partial charge in [0.05, 0.1) is 6.54 Å². The molecular weight excluding hydrogens is 124 g/mol. The Kier molecular flexibility index (Phi) is 4.43. The number of carbonyl (C=O) groups excluding carboxylic acids is 2. The molecule has 0 atom stereocenters. The predicted octanol–water partition coefficient (Wildman–Crippen LogP) is -2.20. The average molecular weight is 132 g/mol. The molecule has 0 radical (unpaired) electrons. The Bertz CT molecular complexity index is 104. The molecule has 0 fully saturated rings. The summed E-state index contributed by atoms with van der Waals surface area (Å²) in [6, 6.07) is 0. The maximum atomic E-state index is 10.3. The molecule has 0 aliphatic heterocycles. The molecule has 0 aliphatic carbocycles. The van der Waals surface area contributed by atoms with Crippen LogP contribution in [-0.2, 0) is 9.59 Å². The molecular formula is C4H8N2O3. The minimum atomic E-state index is -0.412. The standard InChI is InChI=1S/C4H8N2O3/c7-2-5-1-4(9)6-3-8/h2,8H,1,3H2,(H,5,7)(H,6,9). The molecule has 5 nitrogen and oxygen atoms in total. The molecule has 0 aromatic rings. The zero-order chi connectivity index (χ0) is 7.11. The maximum Gasteiger partial charge on any atom is 0.241 e. The van der Waals surface area contributed by atoms with E-state index in [4.69, 9.17) is 5.11 Å². The Morgan fingerprint density at radius 1 is 1.67 bits per heavy atom. The molecule has 0 saturated heterocycles. The molecule has 2 amide bonds. The van der Waals surface area contributed by atoms with E-state index in [0.29, 0.717) is 6.41 Å². The van der Waals surface area contributed by atoms with Gasteiger partial charge in [0.25, 0.3) is 0 Å². The quantitative estimate of drug-likeness (QED) is 0.300. The summed E-state index contributed by atoms with van der Waals surface area (Å²) >= 11 is 0. The fourth-order valence-electron chi connectivity index (χ4n) is 0.285. The van der Waals surface area contributed by atoms with Crippen molar-refractivity contribution in [1.29, 1.82) is 0 Å². The second kappa shape index (κ2) is 5.04. The first-order valence-electron chi connectivity index (χ1n) is 2.36. The van der Waals surface area contributed by atoms with Crippen LogP contribution in [0, 0.1) is 0 Å². The second-order valence-electron chi connectivity index (χ2n) is 1.26. The summed E-state index contributed by atoms with van der Waals surface area (Å²) in [6.45, 7) is -0.497. The molecule has 3 N–H and O–H groups in total. The third-order valence-corrected chi connectivity index (χ3v) is 0.622. The molecule has 0 aliphatic rings. The van der Waals surface area contributed by atoms with E-state index in [1.807, 2.05) is 0 Å². The molecule has 52 valence electrons. The highest BCUT2D eigenvalue weighted by Gasteiger charge is 1.94. The number of hydrogen-bond donors (Lipinski definition) is 3. The Balaban J connectivity index is 3.16. The first-order valence-corrected chi connectivity index (χ1v) is 2.36. The van der Waals surface area contributed by atoms with Crippen LogP contribution in [0.4, 0.5) is 0 Å². The van der Waals surface area contributed by atoms with Crippen LogP contribution in [0.5, 0.6) is 0 Å². The lowest BCUT2D eigenvalue weighted by atomic mass is 10.6. The van der Waals surface area contributed by atoms with Crippen LogP contribution in [0.25, 0.3) is 0 Å². The van der Waals surface area contributed by atoms with Gasteiger partial charge in [-0.2, -0.15) is 0 Å². The minimum Gasteiger partial charge on any atom is -0.376 e. The van der Waals surface area contributed by atoms with Gasteiger partial charge in [-0.3, -0.25) is 9.59 Å². The Labute approximate surface area is 52.1 Å².